The highest BCUT2D eigenvalue weighted by Gasteiger charge is 2.30. The van der Waals surface area contributed by atoms with Gasteiger partial charge in [-0.1, -0.05) is 60.7 Å². The quantitative estimate of drug-likeness (QED) is 0.314. The van der Waals surface area contributed by atoms with Gasteiger partial charge in [-0.15, -0.1) is 0 Å². The molecule has 0 aliphatic rings. The average molecular weight is 481 g/mol. The lowest BCUT2D eigenvalue weighted by Gasteiger charge is -2.26. The second-order valence-corrected chi connectivity index (χ2v) is 8.45. The second-order valence-electron chi connectivity index (χ2n) is 8.45. The van der Waals surface area contributed by atoms with Crippen molar-refractivity contribution in [3.63, 3.8) is 0 Å². The molecule has 0 spiro atoms. The Morgan fingerprint density at radius 3 is 2.23 bits per heavy atom. The molecular weight excluding hydrogens is 458 g/mol. The van der Waals surface area contributed by atoms with E-state index in [1.165, 1.54) is 36.4 Å². The van der Waals surface area contributed by atoms with Crippen LogP contribution in [0.5, 0.6) is 0 Å². The standard InChI is InChI=1S/C28H23F4NO2/c1-17-6-9-19-4-2-3-5-23(19)25(17)27(35)33-24(26(34)20-10-14-22(29)15-11-20)16-18-7-12-21(13-8-18)28(30,31)32/h2-15,24,26,34H,16H2,1H3,(H,33,35). The molecule has 0 bridgehead atoms. The van der Waals surface area contributed by atoms with Gasteiger partial charge in [0.15, 0.2) is 0 Å². The Kier molecular flexibility index (Phi) is 6.89. The maximum absolute atomic E-state index is 13.4. The van der Waals surface area contributed by atoms with Crippen LogP contribution in [-0.2, 0) is 12.6 Å². The van der Waals surface area contributed by atoms with Crippen molar-refractivity contribution in [3.05, 3.63) is 119 Å². The minimum Gasteiger partial charge on any atom is -0.386 e. The van der Waals surface area contributed by atoms with Gasteiger partial charge in [0.05, 0.1) is 23.3 Å². The number of aliphatic hydroxyl groups excluding tert-OH is 1. The van der Waals surface area contributed by atoms with Crippen LogP contribution in [-0.4, -0.2) is 17.1 Å². The van der Waals surface area contributed by atoms with Crippen molar-refractivity contribution in [2.75, 3.05) is 0 Å². The van der Waals surface area contributed by atoms with Gasteiger partial charge >= 0.3 is 6.18 Å². The minimum absolute atomic E-state index is 0.0617. The highest BCUT2D eigenvalue weighted by Crippen LogP contribution is 2.30. The monoisotopic (exact) mass is 481 g/mol. The first kappa shape index (κ1) is 24.4. The summed E-state index contributed by atoms with van der Waals surface area (Å²) >= 11 is 0. The molecule has 4 rings (SSSR count). The number of halogens is 4. The molecule has 3 nitrogen and oxygen atoms in total. The van der Waals surface area contributed by atoms with Crippen LogP contribution in [0.3, 0.4) is 0 Å². The molecule has 7 heteroatoms. The van der Waals surface area contributed by atoms with Crippen molar-refractivity contribution < 1.29 is 27.5 Å². The molecule has 1 amide bonds. The van der Waals surface area contributed by atoms with E-state index in [2.05, 4.69) is 5.32 Å². The van der Waals surface area contributed by atoms with Crippen LogP contribution in [0.15, 0.2) is 84.9 Å². The minimum atomic E-state index is -4.47. The summed E-state index contributed by atoms with van der Waals surface area (Å²) in [4.78, 5) is 13.4. The molecule has 4 aromatic rings. The number of amides is 1. The number of hydrogen-bond acceptors (Lipinski definition) is 2. The van der Waals surface area contributed by atoms with E-state index in [9.17, 15) is 27.5 Å². The first-order valence-electron chi connectivity index (χ1n) is 11.0. The van der Waals surface area contributed by atoms with E-state index in [1.54, 1.807) is 0 Å². The Labute approximate surface area is 200 Å². The third kappa shape index (κ3) is 5.52. The molecule has 0 heterocycles. The van der Waals surface area contributed by atoms with Crippen molar-refractivity contribution in [2.45, 2.75) is 31.7 Å². The Hall–Kier alpha value is -3.71. The van der Waals surface area contributed by atoms with E-state index < -0.39 is 35.6 Å². The number of fused-ring (bicyclic) bond motifs is 1. The van der Waals surface area contributed by atoms with Gasteiger partial charge in [-0.2, -0.15) is 13.2 Å². The third-order valence-electron chi connectivity index (χ3n) is 6.01. The molecule has 180 valence electrons. The van der Waals surface area contributed by atoms with Crippen LogP contribution >= 0.6 is 0 Å². The zero-order valence-corrected chi connectivity index (χ0v) is 18.8. The summed E-state index contributed by atoms with van der Waals surface area (Å²) in [6.07, 6.45) is -5.63. The maximum Gasteiger partial charge on any atom is 0.416 e. The van der Waals surface area contributed by atoms with Gasteiger partial charge in [0.25, 0.3) is 5.91 Å². The van der Waals surface area contributed by atoms with Crippen molar-refractivity contribution in [2.24, 2.45) is 0 Å². The highest BCUT2D eigenvalue weighted by atomic mass is 19.4. The molecule has 0 aliphatic heterocycles. The van der Waals surface area contributed by atoms with E-state index in [0.29, 0.717) is 16.7 Å². The fourth-order valence-corrected chi connectivity index (χ4v) is 4.14. The van der Waals surface area contributed by atoms with Gasteiger partial charge in [-0.25, -0.2) is 4.39 Å². The number of aliphatic hydroxyl groups is 1. The summed E-state index contributed by atoms with van der Waals surface area (Å²) in [5.41, 5.74) is 1.28. The summed E-state index contributed by atoms with van der Waals surface area (Å²) in [6.45, 7) is 1.81. The smallest absolute Gasteiger partial charge is 0.386 e. The molecule has 0 saturated carbocycles. The van der Waals surface area contributed by atoms with Gasteiger partial charge in [-0.05, 0) is 65.1 Å². The fourth-order valence-electron chi connectivity index (χ4n) is 4.14. The highest BCUT2D eigenvalue weighted by molar-refractivity contribution is 6.08. The van der Waals surface area contributed by atoms with Gasteiger partial charge in [0, 0.05) is 0 Å². The largest absolute Gasteiger partial charge is 0.416 e. The first-order chi connectivity index (χ1) is 16.6. The van der Waals surface area contributed by atoms with Crippen LogP contribution < -0.4 is 5.32 Å². The SMILES string of the molecule is Cc1ccc2ccccc2c1C(=O)NC(Cc1ccc(C(F)(F)F)cc1)C(O)c1ccc(F)cc1. The molecule has 2 atom stereocenters. The average Bonchev–Trinajstić information content (AvgIpc) is 2.83. The van der Waals surface area contributed by atoms with Gasteiger partial charge in [0.1, 0.15) is 5.82 Å². The molecule has 0 aromatic heterocycles. The van der Waals surface area contributed by atoms with E-state index in [1.807, 2.05) is 43.3 Å². The predicted molar refractivity (Wildman–Crippen MR) is 126 cm³/mol. The Bertz CT molecular complexity index is 1330. The van der Waals surface area contributed by atoms with Gasteiger partial charge in [0.2, 0.25) is 0 Å². The lowest BCUT2D eigenvalue weighted by Crippen LogP contribution is -2.41. The van der Waals surface area contributed by atoms with E-state index in [-0.39, 0.29) is 6.42 Å². The van der Waals surface area contributed by atoms with Crippen LogP contribution in [0, 0.1) is 12.7 Å². The number of carbonyl (C=O) groups is 1. The zero-order valence-electron chi connectivity index (χ0n) is 18.8. The molecule has 0 radical (unpaired) electrons. The Morgan fingerprint density at radius 1 is 0.914 bits per heavy atom. The predicted octanol–water partition coefficient (Wildman–Crippen LogP) is 6.38. The Balaban J connectivity index is 1.67. The number of benzene rings is 4. The number of aryl methyl sites for hydroxylation is 1. The number of carbonyl (C=O) groups excluding carboxylic acids is 1. The molecule has 4 aromatic carbocycles. The first-order valence-corrected chi connectivity index (χ1v) is 11.0. The fraction of sp³-hybridized carbons (Fsp3) is 0.179. The van der Waals surface area contributed by atoms with Crippen molar-refractivity contribution in [3.8, 4) is 0 Å². The summed E-state index contributed by atoms with van der Waals surface area (Å²) in [5, 5.41) is 15.6. The summed E-state index contributed by atoms with van der Waals surface area (Å²) < 4.78 is 52.3. The number of hydrogen-bond donors (Lipinski definition) is 2. The third-order valence-corrected chi connectivity index (χ3v) is 6.01. The molecule has 35 heavy (non-hydrogen) atoms. The van der Waals surface area contributed by atoms with E-state index in [0.717, 1.165) is 28.5 Å². The lowest BCUT2D eigenvalue weighted by molar-refractivity contribution is -0.137. The summed E-state index contributed by atoms with van der Waals surface area (Å²) in [7, 11) is 0. The molecule has 2 N–H and O–H groups in total. The zero-order chi connectivity index (χ0) is 25.2. The Morgan fingerprint density at radius 2 is 1.57 bits per heavy atom. The number of nitrogens with one attached hydrogen (secondary N) is 1. The maximum atomic E-state index is 13.4. The van der Waals surface area contributed by atoms with Crippen molar-refractivity contribution >= 4 is 16.7 Å². The second kappa shape index (κ2) is 9.88. The van der Waals surface area contributed by atoms with Crippen LogP contribution in [0.1, 0.15) is 38.7 Å². The van der Waals surface area contributed by atoms with E-state index in [4.69, 9.17) is 0 Å². The van der Waals surface area contributed by atoms with Gasteiger partial charge in [-0.3, -0.25) is 4.79 Å². The van der Waals surface area contributed by atoms with Crippen molar-refractivity contribution in [1.82, 2.24) is 5.32 Å². The number of rotatable bonds is 6. The number of alkyl halides is 3. The molecular formula is C28H23F4NO2. The molecule has 2 unspecified atom stereocenters. The van der Waals surface area contributed by atoms with Gasteiger partial charge < -0.3 is 10.4 Å². The lowest BCUT2D eigenvalue weighted by atomic mass is 9.94. The van der Waals surface area contributed by atoms with Crippen molar-refractivity contribution in [1.29, 1.82) is 0 Å². The molecule has 0 saturated heterocycles. The molecule has 0 fully saturated rings. The van der Waals surface area contributed by atoms with E-state index >= 15 is 0 Å². The summed E-state index contributed by atoms with van der Waals surface area (Å²) in [6, 6.07) is 20.1. The topological polar surface area (TPSA) is 49.3 Å². The summed E-state index contributed by atoms with van der Waals surface area (Å²) in [5.74, 6) is -0.895. The van der Waals surface area contributed by atoms with Crippen LogP contribution in [0.25, 0.3) is 10.8 Å². The normalized spacial score (nSPS) is 13.4. The molecule has 0 aliphatic carbocycles. The van der Waals surface area contributed by atoms with Crippen LogP contribution in [0.2, 0.25) is 0 Å². The van der Waals surface area contributed by atoms with Crippen LogP contribution in [0.4, 0.5) is 17.6 Å².